The molecule has 2 aliphatic rings. The highest BCUT2D eigenvalue weighted by Crippen LogP contribution is 2.39. The van der Waals surface area contributed by atoms with Crippen molar-refractivity contribution in [3.63, 3.8) is 0 Å². The Morgan fingerprint density at radius 2 is 1.62 bits per heavy atom. The summed E-state index contributed by atoms with van der Waals surface area (Å²) < 4.78 is 17.1. The third-order valence-corrected chi connectivity index (χ3v) is 5.70. The minimum absolute atomic E-state index is 0.207. The van der Waals surface area contributed by atoms with E-state index in [-0.39, 0.29) is 12.5 Å². The molecule has 0 unspecified atom stereocenters. The van der Waals surface area contributed by atoms with E-state index in [1.165, 1.54) is 0 Å². The quantitative estimate of drug-likeness (QED) is 0.784. The lowest BCUT2D eigenvalue weighted by atomic mass is 9.81. The molecule has 1 heterocycles. The fourth-order valence-electron chi connectivity index (χ4n) is 3.85. The fraction of sp³-hybridized carbons (Fsp3) is 0.435. The molecule has 1 aliphatic carbocycles. The van der Waals surface area contributed by atoms with Crippen molar-refractivity contribution in [2.24, 2.45) is 0 Å². The van der Waals surface area contributed by atoms with Gasteiger partial charge in [0, 0.05) is 24.9 Å². The van der Waals surface area contributed by atoms with Gasteiger partial charge >= 0.3 is 0 Å². The van der Waals surface area contributed by atoms with E-state index in [0.29, 0.717) is 56.8 Å². The molecule has 2 fully saturated rings. The number of hydrogen-bond acceptors (Lipinski definition) is 5. The van der Waals surface area contributed by atoms with Crippen LogP contribution in [0.25, 0.3) is 0 Å². The Kier molecular flexibility index (Phi) is 5.85. The van der Waals surface area contributed by atoms with Crippen LogP contribution in [0.2, 0.25) is 0 Å². The summed E-state index contributed by atoms with van der Waals surface area (Å²) in [7, 11) is 0. The Bertz CT molecular complexity index is 805. The normalized spacial score (nSPS) is 19.8. The van der Waals surface area contributed by atoms with E-state index in [9.17, 15) is 9.90 Å². The van der Waals surface area contributed by atoms with Crippen LogP contribution in [0.1, 0.15) is 41.6 Å². The predicted molar refractivity (Wildman–Crippen MR) is 108 cm³/mol. The van der Waals surface area contributed by atoms with Gasteiger partial charge in [-0.15, -0.1) is 0 Å². The number of nitrogens with one attached hydrogen (secondary N) is 1. The molecule has 29 heavy (non-hydrogen) atoms. The Balaban J connectivity index is 1.25. The minimum atomic E-state index is -0.922. The number of carbonyl (C=O) groups is 1. The third-order valence-electron chi connectivity index (χ3n) is 5.70. The van der Waals surface area contributed by atoms with Gasteiger partial charge < -0.3 is 24.6 Å². The van der Waals surface area contributed by atoms with Crippen molar-refractivity contribution < 1.29 is 24.1 Å². The molecule has 0 atom stereocenters. The van der Waals surface area contributed by atoms with Crippen LogP contribution in [0, 0.1) is 0 Å². The molecule has 2 N–H and O–H groups in total. The Hall–Kier alpha value is -2.41. The lowest BCUT2D eigenvalue weighted by Crippen LogP contribution is -2.49. The standard InChI is InChI=1S/C23H27NO5/c25-21(24-17-22(26)10-12-23(13-11-22)28-14-15-29-23)19-6-8-20(9-7-19)27-16-18-4-2-1-3-5-18/h1-9,26H,10-17H2,(H,24,25). The first kappa shape index (κ1) is 19.9. The molecular weight excluding hydrogens is 370 g/mol. The third kappa shape index (κ3) is 4.96. The van der Waals surface area contributed by atoms with E-state index in [0.717, 1.165) is 5.56 Å². The first-order valence-corrected chi connectivity index (χ1v) is 10.1. The Morgan fingerprint density at radius 3 is 2.28 bits per heavy atom. The summed E-state index contributed by atoms with van der Waals surface area (Å²) in [6, 6.07) is 17.0. The maximum absolute atomic E-state index is 12.5. The van der Waals surface area contributed by atoms with Crippen molar-refractivity contribution in [3.8, 4) is 5.75 Å². The van der Waals surface area contributed by atoms with Gasteiger partial charge in [0.05, 0.1) is 18.8 Å². The Labute approximate surface area is 170 Å². The topological polar surface area (TPSA) is 77.0 Å². The van der Waals surface area contributed by atoms with Gasteiger partial charge in [-0.2, -0.15) is 0 Å². The zero-order chi connectivity index (χ0) is 20.2. The maximum Gasteiger partial charge on any atom is 0.251 e. The number of carbonyl (C=O) groups excluding carboxylic acids is 1. The summed E-state index contributed by atoms with van der Waals surface area (Å²) in [5.41, 5.74) is 0.704. The van der Waals surface area contributed by atoms with Crippen LogP contribution in [0.5, 0.6) is 5.75 Å². The van der Waals surface area contributed by atoms with E-state index in [2.05, 4.69) is 5.32 Å². The van der Waals surface area contributed by atoms with E-state index in [4.69, 9.17) is 14.2 Å². The lowest BCUT2D eigenvalue weighted by Gasteiger charge is -2.40. The van der Waals surface area contributed by atoms with Crippen molar-refractivity contribution in [2.45, 2.75) is 43.7 Å². The van der Waals surface area contributed by atoms with Gasteiger partial charge in [0.15, 0.2) is 5.79 Å². The smallest absolute Gasteiger partial charge is 0.251 e. The van der Waals surface area contributed by atoms with Crippen molar-refractivity contribution in [2.75, 3.05) is 19.8 Å². The number of benzene rings is 2. The molecule has 6 heteroatoms. The molecule has 1 amide bonds. The molecule has 1 aliphatic heterocycles. The second kappa shape index (κ2) is 8.53. The molecule has 0 radical (unpaired) electrons. The molecule has 1 spiro atoms. The second-order valence-corrected chi connectivity index (χ2v) is 7.81. The van der Waals surface area contributed by atoms with E-state index >= 15 is 0 Å². The summed E-state index contributed by atoms with van der Waals surface area (Å²) >= 11 is 0. The van der Waals surface area contributed by atoms with Crippen LogP contribution < -0.4 is 10.1 Å². The predicted octanol–water partition coefficient (Wildman–Crippen LogP) is 3.04. The molecular formula is C23H27NO5. The van der Waals surface area contributed by atoms with Crippen molar-refractivity contribution in [1.29, 1.82) is 0 Å². The summed E-state index contributed by atoms with van der Waals surface area (Å²) in [5.74, 6) is -0.0221. The summed E-state index contributed by atoms with van der Waals surface area (Å²) in [6.07, 6.45) is 2.37. The molecule has 6 nitrogen and oxygen atoms in total. The van der Waals surface area contributed by atoms with Crippen LogP contribution >= 0.6 is 0 Å². The van der Waals surface area contributed by atoms with E-state index < -0.39 is 11.4 Å². The highest BCUT2D eigenvalue weighted by atomic mass is 16.7. The van der Waals surface area contributed by atoms with Gasteiger partial charge in [-0.25, -0.2) is 0 Å². The van der Waals surface area contributed by atoms with Gasteiger partial charge in [-0.3, -0.25) is 4.79 Å². The molecule has 1 saturated heterocycles. The van der Waals surface area contributed by atoms with Crippen molar-refractivity contribution >= 4 is 5.91 Å². The van der Waals surface area contributed by atoms with Gasteiger partial charge in [-0.05, 0) is 42.7 Å². The van der Waals surface area contributed by atoms with Gasteiger partial charge in [0.1, 0.15) is 12.4 Å². The average Bonchev–Trinajstić information content (AvgIpc) is 3.23. The number of amides is 1. The fourth-order valence-corrected chi connectivity index (χ4v) is 3.85. The first-order chi connectivity index (χ1) is 14.1. The number of aliphatic hydroxyl groups is 1. The van der Waals surface area contributed by atoms with Crippen LogP contribution in [-0.4, -0.2) is 42.2 Å². The SMILES string of the molecule is O=C(NCC1(O)CCC2(CC1)OCCO2)c1ccc(OCc2ccccc2)cc1. The minimum Gasteiger partial charge on any atom is -0.489 e. The largest absolute Gasteiger partial charge is 0.489 e. The lowest BCUT2D eigenvalue weighted by molar-refractivity contribution is -0.201. The van der Waals surface area contributed by atoms with Gasteiger partial charge in [-0.1, -0.05) is 30.3 Å². The second-order valence-electron chi connectivity index (χ2n) is 7.81. The number of hydrogen-bond donors (Lipinski definition) is 2. The van der Waals surface area contributed by atoms with Crippen LogP contribution in [0.15, 0.2) is 54.6 Å². The molecule has 4 rings (SSSR count). The van der Waals surface area contributed by atoms with E-state index in [1.807, 2.05) is 30.3 Å². The average molecular weight is 397 g/mol. The van der Waals surface area contributed by atoms with Crippen molar-refractivity contribution in [1.82, 2.24) is 5.32 Å². The number of rotatable bonds is 6. The van der Waals surface area contributed by atoms with Crippen LogP contribution in [0.3, 0.4) is 0 Å². The molecule has 154 valence electrons. The molecule has 0 bridgehead atoms. The molecule has 1 saturated carbocycles. The zero-order valence-electron chi connectivity index (χ0n) is 16.4. The summed E-state index contributed by atoms with van der Waals surface area (Å²) in [5, 5.41) is 13.6. The first-order valence-electron chi connectivity index (χ1n) is 10.1. The summed E-state index contributed by atoms with van der Waals surface area (Å²) in [6.45, 7) is 1.92. The highest BCUT2D eigenvalue weighted by Gasteiger charge is 2.45. The molecule has 2 aromatic carbocycles. The Morgan fingerprint density at radius 1 is 0.966 bits per heavy atom. The van der Waals surface area contributed by atoms with Crippen LogP contribution in [-0.2, 0) is 16.1 Å². The van der Waals surface area contributed by atoms with E-state index in [1.54, 1.807) is 24.3 Å². The van der Waals surface area contributed by atoms with Crippen LogP contribution in [0.4, 0.5) is 0 Å². The molecule has 0 aromatic heterocycles. The highest BCUT2D eigenvalue weighted by molar-refractivity contribution is 5.94. The van der Waals surface area contributed by atoms with Gasteiger partial charge in [0.2, 0.25) is 0 Å². The number of ether oxygens (including phenoxy) is 3. The zero-order valence-corrected chi connectivity index (χ0v) is 16.4. The monoisotopic (exact) mass is 397 g/mol. The molecule has 2 aromatic rings. The van der Waals surface area contributed by atoms with Gasteiger partial charge in [0.25, 0.3) is 5.91 Å². The maximum atomic E-state index is 12.5. The van der Waals surface area contributed by atoms with Crippen molar-refractivity contribution in [3.05, 3.63) is 65.7 Å². The summed E-state index contributed by atoms with van der Waals surface area (Å²) in [4.78, 5) is 12.5.